The van der Waals surface area contributed by atoms with Gasteiger partial charge in [-0.15, -0.1) is 0 Å². The van der Waals surface area contributed by atoms with Crippen LogP contribution in [0.3, 0.4) is 0 Å². The van der Waals surface area contributed by atoms with Crippen molar-refractivity contribution in [3.05, 3.63) is 23.8 Å². The Labute approximate surface area is 104 Å². The van der Waals surface area contributed by atoms with Crippen molar-refractivity contribution in [3.8, 4) is 11.5 Å². The Morgan fingerprint density at radius 1 is 1.29 bits per heavy atom. The van der Waals surface area contributed by atoms with Crippen molar-refractivity contribution in [1.29, 1.82) is 0 Å². The van der Waals surface area contributed by atoms with E-state index in [4.69, 9.17) is 9.47 Å². The fourth-order valence-corrected chi connectivity index (χ4v) is 1.69. The van der Waals surface area contributed by atoms with Crippen molar-refractivity contribution in [1.82, 2.24) is 5.32 Å². The van der Waals surface area contributed by atoms with Gasteiger partial charge in [0.2, 0.25) is 0 Å². The summed E-state index contributed by atoms with van der Waals surface area (Å²) in [5, 5.41) is 3.36. The Kier molecular flexibility index (Phi) is 5.84. The Hall–Kier alpha value is -1.22. The van der Waals surface area contributed by atoms with E-state index in [0.29, 0.717) is 12.6 Å². The molecule has 0 saturated heterocycles. The first-order valence-corrected chi connectivity index (χ1v) is 6.18. The molecule has 0 bridgehead atoms. The number of aryl methyl sites for hydroxylation is 1. The molecule has 96 valence electrons. The lowest BCUT2D eigenvalue weighted by Gasteiger charge is -2.14. The highest BCUT2D eigenvalue weighted by atomic mass is 16.5. The lowest BCUT2D eigenvalue weighted by Crippen LogP contribution is -2.27. The minimum atomic E-state index is 0.483. The number of hydrogen-bond acceptors (Lipinski definition) is 3. The summed E-state index contributed by atoms with van der Waals surface area (Å²) in [6, 6.07) is 6.47. The molecule has 0 saturated carbocycles. The van der Waals surface area contributed by atoms with E-state index in [1.165, 1.54) is 5.56 Å². The van der Waals surface area contributed by atoms with Gasteiger partial charge in [0.1, 0.15) is 0 Å². The Bertz CT molecular complexity index is 339. The van der Waals surface area contributed by atoms with Crippen LogP contribution >= 0.6 is 0 Å². The quantitative estimate of drug-likeness (QED) is 0.791. The van der Waals surface area contributed by atoms with Crippen LogP contribution in [-0.2, 0) is 0 Å². The number of rotatable bonds is 7. The molecular weight excluding hydrogens is 214 g/mol. The molecule has 1 unspecified atom stereocenters. The van der Waals surface area contributed by atoms with Crippen LogP contribution in [0.2, 0.25) is 0 Å². The van der Waals surface area contributed by atoms with E-state index in [2.05, 4.69) is 19.2 Å². The van der Waals surface area contributed by atoms with Crippen molar-refractivity contribution in [2.45, 2.75) is 33.2 Å². The molecule has 3 heteroatoms. The van der Waals surface area contributed by atoms with Crippen LogP contribution in [0.1, 0.15) is 25.8 Å². The van der Waals surface area contributed by atoms with Gasteiger partial charge in [0.25, 0.3) is 0 Å². The van der Waals surface area contributed by atoms with E-state index < -0.39 is 0 Å². The minimum absolute atomic E-state index is 0.483. The van der Waals surface area contributed by atoms with Crippen molar-refractivity contribution in [3.63, 3.8) is 0 Å². The van der Waals surface area contributed by atoms with Gasteiger partial charge in [0.05, 0.1) is 13.7 Å². The normalized spacial score (nSPS) is 12.2. The predicted molar refractivity (Wildman–Crippen MR) is 71.0 cm³/mol. The van der Waals surface area contributed by atoms with E-state index in [1.807, 2.05) is 25.1 Å². The highest BCUT2D eigenvalue weighted by molar-refractivity contribution is 5.42. The fraction of sp³-hybridized carbons (Fsp3) is 0.571. The van der Waals surface area contributed by atoms with Gasteiger partial charge in [-0.05, 0) is 44.5 Å². The van der Waals surface area contributed by atoms with Crippen LogP contribution in [0.5, 0.6) is 11.5 Å². The third-order valence-electron chi connectivity index (χ3n) is 2.68. The summed E-state index contributed by atoms with van der Waals surface area (Å²) in [7, 11) is 1.67. The van der Waals surface area contributed by atoms with Crippen LogP contribution in [-0.4, -0.2) is 26.3 Å². The summed E-state index contributed by atoms with van der Waals surface area (Å²) in [6.07, 6.45) is 0.991. The molecule has 1 rings (SSSR count). The average molecular weight is 237 g/mol. The van der Waals surface area contributed by atoms with Gasteiger partial charge in [-0.25, -0.2) is 0 Å². The van der Waals surface area contributed by atoms with Crippen molar-refractivity contribution in [2.75, 3.05) is 20.3 Å². The van der Waals surface area contributed by atoms with Gasteiger partial charge >= 0.3 is 0 Å². The molecule has 0 aliphatic rings. The molecule has 0 heterocycles. The first-order valence-electron chi connectivity index (χ1n) is 6.18. The molecule has 3 nitrogen and oxygen atoms in total. The Morgan fingerprint density at radius 2 is 2.06 bits per heavy atom. The molecule has 1 atom stereocenters. The molecule has 0 aliphatic carbocycles. The first kappa shape index (κ1) is 13.8. The predicted octanol–water partition coefficient (Wildman–Crippen LogP) is 2.77. The number of nitrogens with one attached hydrogen (secondary N) is 1. The van der Waals surface area contributed by atoms with E-state index in [9.17, 15) is 0 Å². The van der Waals surface area contributed by atoms with Crippen molar-refractivity contribution < 1.29 is 9.47 Å². The number of benzene rings is 1. The zero-order valence-electron chi connectivity index (χ0n) is 11.2. The average Bonchev–Trinajstić information content (AvgIpc) is 2.31. The summed E-state index contributed by atoms with van der Waals surface area (Å²) >= 11 is 0. The molecule has 0 aliphatic heterocycles. The molecule has 1 aromatic rings. The minimum Gasteiger partial charge on any atom is -0.493 e. The maximum Gasteiger partial charge on any atom is 0.161 e. The summed E-state index contributed by atoms with van der Waals surface area (Å²) in [5.41, 5.74) is 1.18. The van der Waals surface area contributed by atoms with Crippen molar-refractivity contribution >= 4 is 0 Å². The standard InChI is InChI=1S/C14H23NO2/c1-5-15-12(3)8-9-17-13-7-6-11(2)10-14(13)16-4/h6-7,10,12,15H,5,8-9H2,1-4H3. The summed E-state index contributed by atoms with van der Waals surface area (Å²) in [5.74, 6) is 1.63. The molecule has 1 N–H and O–H groups in total. The summed E-state index contributed by atoms with van der Waals surface area (Å²) in [4.78, 5) is 0. The maximum absolute atomic E-state index is 5.74. The second-order valence-corrected chi connectivity index (χ2v) is 4.25. The number of ether oxygens (including phenoxy) is 2. The molecule has 0 aromatic heterocycles. The van der Waals surface area contributed by atoms with Gasteiger partial charge < -0.3 is 14.8 Å². The molecular formula is C14H23NO2. The van der Waals surface area contributed by atoms with Gasteiger partial charge in [-0.3, -0.25) is 0 Å². The van der Waals surface area contributed by atoms with E-state index in [-0.39, 0.29) is 0 Å². The molecule has 17 heavy (non-hydrogen) atoms. The first-order chi connectivity index (χ1) is 8.17. The Balaban J connectivity index is 2.46. The van der Waals surface area contributed by atoms with Gasteiger partial charge in [-0.2, -0.15) is 0 Å². The van der Waals surface area contributed by atoms with Gasteiger partial charge in [0, 0.05) is 6.04 Å². The zero-order chi connectivity index (χ0) is 12.7. The van der Waals surface area contributed by atoms with Crippen LogP contribution < -0.4 is 14.8 Å². The highest BCUT2D eigenvalue weighted by Gasteiger charge is 2.05. The third kappa shape index (κ3) is 4.65. The monoisotopic (exact) mass is 237 g/mol. The fourth-order valence-electron chi connectivity index (χ4n) is 1.69. The van der Waals surface area contributed by atoms with Crippen LogP contribution in [0, 0.1) is 6.92 Å². The summed E-state index contributed by atoms with van der Waals surface area (Å²) < 4.78 is 11.0. The van der Waals surface area contributed by atoms with Crippen LogP contribution in [0.4, 0.5) is 0 Å². The maximum atomic E-state index is 5.74. The second-order valence-electron chi connectivity index (χ2n) is 4.25. The number of methoxy groups -OCH3 is 1. The van der Waals surface area contributed by atoms with E-state index in [1.54, 1.807) is 7.11 Å². The van der Waals surface area contributed by atoms with E-state index >= 15 is 0 Å². The highest BCUT2D eigenvalue weighted by Crippen LogP contribution is 2.27. The van der Waals surface area contributed by atoms with Gasteiger partial charge in [-0.1, -0.05) is 13.0 Å². The molecule has 0 radical (unpaired) electrons. The lowest BCUT2D eigenvalue weighted by atomic mass is 10.2. The number of hydrogen-bond donors (Lipinski definition) is 1. The third-order valence-corrected chi connectivity index (χ3v) is 2.68. The zero-order valence-corrected chi connectivity index (χ0v) is 11.2. The SMILES string of the molecule is CCNC(C)CCOc1ccc(C)cc1OC. The largest absolute Gasteiger partial charge is 0.493 e. The molecule has 0 amide bonds. The van der Waals surface area contributed by atoms with Gasteiger partial charge in [0.15, 0.2) is 11.5 Å². The molecule has 0 fully saturated rings. The van der Waals surface area contributed by atoms with Crippen molar-refractivity contribution in [2.24, 2.45) is 0 Å². The topological polar surface area (TPSA) is 30.5 Å². The van der Waals surface area contributed by atoms with Crippen LogP contribution in [0.25, 0.3) is 0 Å². The smallest absolute Gasteiger partial charge is 0.161 e. The molecule has 0 spiro atoms. The van der Waals surface area contributed by atoms with E-state index in [0.717, 1.165) is 24.5 Å². The van der Waals surface area contributed by atoms with Crippen LogP contribution in [0.15, 0.2) is 18.2 Å². The Morgan fingerprint density at radius 3 is 2.71 bits per heavy atom. The lowest BCUT2D eigenvalue weighted by molar-refractivity contribution is 0.274. The second kappa shape index (κ2) is 7.17. The molecule has 1 aromatic carbocycles. The summed E-state index contributed by atoms with van der Waals surface area (Å²) in [6.45, 7) is 8.02.